The van der Waals surface area contributed by atoms with Crippen LogP contribution < -0.4 is 9.80 Å². The average molecular weight is 705 g/mol. The predicted molar refractivity (Wildman–Crippen MR) is 231 cm³/mol. The van der Waals surface area contributed by atoms with Crippen LogP contribution in [-0.4, -0.2) is 0 Å². The van der Waals surface area contributed by atoms with Gasteiger partial charge in [-0.3, -0.25) is 0 Å². The fraction of sp³-hybridized carbons (Fsp3) is 0. The number of hydrogen-bond donors (Lipinski definition) is 0. The van der Waals surface area contributed by atoms with Crippen molar-refractivity contribution in [3.8, 4) is 22.3 Å². The molecule has 0 radical (unpaired) electrons. The molecule has 0 aliphatic heterocycles. The molecule has 1 heterocycles. The van der Waals surface area contributed by atoms with E-state index in [9.17, 15) is 0 Å². The van der Waals surface area contributed by atoms with Crippen molar-refractivity contribution < 1.29 is 4.42 Å². The first-order chi connectivity index (χ1) is 27.3. The van der Waals surface area contributed by atoms with Crippen LogP contribution in [0.1, 0.15) is 0 Å². The molecule has 10 rings (SSSR count). The zero-order chi connectivity index (χ0) is 36.6. The van der Waals surface area contributed by atoms with E-state index < -0.39 is 0 Å². The molecule has 10 aromatic rings. The molecule has 0 amide bonds. The van der Waals surface area contributed by atoms with E-state index in [4.69, 9.17) is 4.42 Å². The minimum absolute atomic E-state index is 0.875. The van der Waals surface area contributed by atoms with Crippen LogP contribution in [0.25, 0.3) is 55.0 Å². The largest absolute Gasteiger partial charge is 0.454 e. The van der Waals surface area contributed by atoms with Crippen molar-refractivity contribution in [1.29, 1.82) is 0 Å². The third-order valence-corrected chi connectivity index (χ3v) is 10.4. The number of anilines is 6. The van der Waals surface area contributed by atoms with Gasteiger partial charge in [0, 0.05) is 39.2 Å². The minimum Gasteiger partial charge on any atom is -0.454 e. The summed E-state index contributed by atoms with van der Waals surface area (Å²) < 4.78 is 6.50. The van der Waals surface area contributed by atoms with E-state index in [2.05, 4.69) is 216 Å². The van der Waals surface area contributed by atoms with E-state index in [1.54, 1.807) is 0 Å². The highest BCUT2D eigenvalue weighted by molar-refractivity contribution is 6.10. The SMILES string of the molecule is c1ccc(N(c2ccccc2)c2ccc(-c3cccc4ccc(-c5ccc(N(c6ccccc6)c6cccc7c6oc6ccccc67)cc5)cc34)cc2)cc1. The Bertz CT molecular complexity index is 2860. The van der Waals surface area contributed by atoms with Crippen LogP contribution in [0.15, 0.2) is 223 Å². The maximum Gasteiger partial charge on any atom is 0.159 e. The molecule has 0 atom stereocenters. The zero-order valence-corrected chi connectivity index (χ0v) is 30.1. The summed E-state index contributed by atoms with van der Waals surface area (Å²) in [5.41, 5.74) is 13.0. The first kappa shape index (κ1) is 32.3. The van der Waals surface area contributed by atoms with Gasteiger partial charge in [-0.15, -0.1) is 0 Å². The van der Waals surface area contributed by atoms with Gasteiger partial charge in [-0.2, -0.15) is 0 Å². The van der Waals surface area contributed by atoms with Crippen molar-refractivity contribution in [2.45, 2.75) is 0 Å². The predicted octanol–water partition coefficient (Wildman–Crippen LogP) is 15.0. The van der Waals surface area contributed by atoms with Gasteiger partial charge in [-0.05, 0) is 112 Å². The van der Waals surface area contributed by atoms with Crippen molar-refractivity contribution >= 4 is 66.8 Å². The molecule has 0 aliphatic carbocycles. The molecule has 0 saturated carbocycles. The molecule has 0 fully saturated rings. The summed E-state index contributed by atoms with van der Waals surface area (Å²) in [5, 5.41) is 4.67. The molecular formula is C52H36N2O. The van der Waals surface area contributed by atoms with Gasteiger partial charge in [0.2, 0.25) is 0 Å². The number of nitrogens with zero attached hydrogens (tertiary/aromatic N) is 2. The third-order valence-electron chi connectivity index (χ3n) is 10.4. The van der Waals surface area contributed by atoms with Crippen LogP contribution in [-0.2, 0) is 0 Å². The lowest BCUT2D eigenvalue weighted by Gasteiger charge is -2.25. The Balaban J connectivity index is 1.01. The molecular weight excluding hydrogens is 669 g/mol. The first-order valence-corrected chi connectivity index (χ1v) is 18.7. The molecule has 0 saturated heterocycles. The summed E-state index contributed by atoms with van der Waals surface area (Å²) in [6.45, 7) is 0. The maximum atomic E-state index is 6.50. The molecule has 55 heavy (non-hydrogen) atoms. The summed E-state index contributed by atoms with van der Waals surface area (Å²) in [6.07, 6.45) is 0. The van der Waals surface area contributed by atoms with Gasteiger partial charge in [0.15, 0.2) is 5.58 Å². The second-order valence-corrected chi connectivity index (χ2v) is 13.8. The highest BCUT2D eigenvalue weighted by Crippen LogP contribution is 2.43. The third kappa shape index (κ3) is 5.98. The summed E-state index contributed by atoms with van der Waals surface area (Å²) in [7, 11) is 0. The molecule has 3 nitrogen and oxygen atoms in total. The van der Waals surface area contributed by atoms with Crippen molar-refractivity contribution in [3.63, 3.8) is 0 Å². The Morgan fingerprint density at radius 1 is 0.309 bits per heavy atom. The average Bonchev–Trinajstić information content (AvgIpc) is 3.65. The summed E-state index contributed by atoms with van der Waals surface area (Å²) in [4.78, 5) is 4.58. The summed E-state index contributed by atoms with van der Waals surface area (Å²) in [6, 6.07) is 77.4. The first-order valence-electron chi connectivity index (χ1n) is 18.7. The summed E-state index contributed by atoms with van der Waals surface area (Å²) >= 11 is 0. The smallest absolute Gasteiger partial charge is 0.159 e. The van der Waals surface area contributed by atoms with Gasteiger partial charge in [0.1, 0.15) is 5.58 Å². The number of fused-ring (bicyclic) bond motifs is 4. The number of hydrogen-bond acceptors (Lipinski definition) is 3. The lowest BCUT2D eigenvalue weighted by molar-refractivity contribution is 0.669. The second kappa shape index (κ2) is 13.9. The molecule has 1 aromatic heterocycles. The van der Waals surface area contributed by atoms with E-state index in [0.717, 1.165) is 61.6 Å². The van der Waals surface area contributed by atoms with E-state index in [1.165, 1.54) is 27.5 Å². The Hall–Kier alpha value is -7.36. The molecule has 0 aliphatic rings. The van der Waals surface area contributed by atoms with Crippen molar-refractivity contribution in [2.75, 3.05) is 9.80 Å². The van der Waals surface area contributed by atoms with Crippen LogP contribution in [0.5, 0.6) is 0 Å². The van der Waals surface area contributed by atoms with E-state index in [-0.39, 0.29) is 0 Å². The lowest BCUT2D eigenvalue weighted by Crippen LogP contribution is -2.10. The number of benzene rings is 9. The van der Waals surface area contributed by atoms with Gasteiger partial charge < -0.3 is 14.2 Å². The van der Waals surface area contributed by atoms with Gasteiger partial charge in [-0.1, -0.05) is 140 Å². The van der Waals surface area contributed by atoms with Crippen molar-refractivity contribution in [3.05, 3.63) is 218 Å². The standard InChI is InChI=1S/C52H36N2O/c1-4-15-41(16-5-1)53(42-17-6-2-7-18-42)44-34-30-39(31-35-44)46-22-12-14-38-26-27-40(36-49(38)46)37-28-32-45(33-29-37)54(43-19-8-3-9-20-43)50-24-13-23-48-47-21-10-11-25-51(47)55-52(48)50/h1-36H. The van der Waals surface area contributed by atoms with Crippen LogP contribution in [0.4, 0.5) is 34.1 Å². The highest BCUT2D eigenvalue weighted by atomic mass is 16.3. The van der Waals surface area contributed by atoms with Gasteiger partial charge in [0.05, 0.1) is 5.69 Å². The normalized spacial score (nSPS) is 11.3. The number of para-hydroxylation sites is 5. The zero-order valence-electron chi connectivity index (χ0n) is 30.1. The van der Waals surface area contributed by atoms with Gasteiger partial charge in [-0.25, -0.2) is 0 Å². The Morgan fingerprint density at radius 3 is 1.49 bits per heavy atom. The molecule has 0 spiro atoms. The molecule has 9 aromatic carbocycles. The van der Waals surface area contributed by atoms with Crippen molar-refractivity contribution in [2.24, 2.45) is 0 Å². The van der Waals surface area contributed by atoms with E-state index in [1.807, 2.05) is 12.1 Å². The topological polar surface area (TPSA) is 19.6 Å². The van der Waals surface area contributed by atoms with Gasteiger partial charge >= 0.3 is 0 Å². The minimum atomic E-state index is 0.875. The molecule has 260 valence electrons. The highest BCUT2D eigenvalue weighted by Gasteiger charge is 2.19. The van der Waals surface area contributed by atoms with Crippen LogP contribution in [0.2, 0.25) is 0 Å². The van der Waals surface area contributed by atoms with E-state index in [0.29, 0.717) is 0 Å². The number of rotatable bonds is 8. The summed E-state index contributed by atoms with van der Waals surface area (Å²) in [5.74, 6) is 0. The van der Waals surface area contributed by atoms with Crippen LogP contribution in [0.3, 0.4) is 0 Å². The number of furan rings is 1. The Labute approximate surface area is 320 Å². The fourth-order valence-electron chi connectivity index (χ4n) is 7.81. The Kier molecular flexibility index (Phi) is 8.16. The van der Waals surface area contributed by atoms with Crippen molar-refractivity contribution in [1.82, 2.24) is 0 Å². The maximum absolute atomic E-state index is 6.50. The molecule has 3 heteroatoms. The molecule has 0 bridgehead atoms. The van der Waals surface area contributed by atoms with Crippen LogP contribution >= 0.6 is 0 Å². The monoisotopic (exact) mass is 704 g/mol. The Morgan fingerprint density at radius 2 is 0.818 bits per heavy atom. The quantitative estimate of drug-likeness (QED) is 0.157. The van der Waals surface area contributed by atoms with Gasteiger partial charge in [0.25, 0.3) is 0 Å². The molecule has 0 unspecified atom stereocenters. The lowest BCUT2D eigenvalue weighted by atomic mass is 9.94. The molecule has 0 N–H and O–H groups in total. The second-order valence-electron chi connectivity index (χ2n) is 13.8. The van der Waals surface area contributed by atoms with Crippen LogP contribution in [0, 0.1) is 0 Å². The van der Waals surface area contributed by atoms with E-state index >= 15 is 0 Å². The fourth-order valence-corrected chi connectivity index (χ4v) is 7.81.